The maximum Gasteiger partial charge on any atom is 0.233 e. The maximum atomic E-state index is 11.7. The second kappa shape index (κ2) is 8.48. The van der Waals surface area contributed by atoms with E-state index in [0.29, 0.717) is 25.9 Å². The molecule has 0 bridgehead atoms. The van der Waals surface area contributed by atoms with E-state index in [1.54, 1.807) is 0 Å². The van der Waals surface area contributed by atoms with Crippen molar-refractivity contribution >= 4 is 11.8 Å². The van der Waals surface area contributed by atoms with Crippen LogP contribution in [0.1, 0.15) is 25.7 Å². The van der Waals surface area contributed by atoms with E-state index in [9.17, 15) is 9.59 Å². The van der Waals surface area contributed by atoms with Gasteiger partial charge in [-0.05, 0) is 12.8 Å². The molecule has 1 rings (SSSR count). The average Bonchev–Trinajstić information content (AvgIpc) is 2.88. The van der Waals surface area contributed by atoms with E-state index in [0.717, 1.165) is 25.9 Å². The van der Waals surface area contributed by atoms with Gasteiger partial charge in [0.25, 0.3) is 0 Å². The minimum atomic E-state index is -0.140. The lowest BCUT2D eigenvalue weighted by molar-refractivity contribution is -0.130. The second-order valence-corrected chi connectivity index (χ2v) is 4.27. The van der Waals surface area contributed by atoms with Crippen LogP contribution in [-0.4, -0.2) is 49.4 Å². The lowest BCUT2D eigenvalue weighted by Gasteiger charge is -2.15. The molecule has 0 atom stereocenters. The SMILES string of the molecule is N#CCCNC(=O)CNCCC(=O)N1CCCC1. The van der Waals surface area contributed by atoms with Crippen LogP contribution in [-0.2, 0) is 9.59 Å². The number of nitriles is 1. The van der Waals surface area contributed by atoms with Gasteiger partial charge in [-0.3, -0.25) is 9.59 Å². The molecule has 0 unspecified atom stereocenters. The number of rotatable bonds is 7. The Bertz CT molecular complexity index is 319. The van der Waals surface area contributed by atoms with E-state index in [4.69, 9.17) is 5.26 Å². The third-order valence-corrected chi connectivity index (χ3v) is 2.82. The van der Waals surface area contributed by atoms with Crippen LogP contribution in [0.25, 0.3) is 0 Å². The van der Waals surface area contributed by atoms with Crippen molar-refractivity contribution in [2.45, 2.75) is 25.7 Å². The predicted octanol–water partition coefficient (Wildman–Crippen LogP) is -0.382. The van der Waals surface area contributed by atoms with Gasteiger partial charge in [0, 0.05) is 32.6 Å². The summed E-state index contributed by atoms with van der Waals surface area (Å²) in [6.45, 7) is 2.82. The zero-order chi connectivity index (χ0) is 13.2. The summed E-state index contributed by atoms with van der Waals surface area (Å²) in [4.78, 5) is 24.8. The highest BCUT2D eigenvalue weighted by molar-refractivity contribution is 5.78. The van der Waals surface area contributed by atoms with Crippen LogP contribution in [0.5, 0.6) is 0 Å². The van der Waals surface area contributed by atoms with E-state index in [2.05, 4.69) is 10.6 Å². The molecule has 1 fully saturated rings. The summed E-state index contributed by atoms with van der Waals surface area (Å²) < 4.78 is 0. The molecule has 1 aliphatic heterocycles. The van der Waals surface area contributed by atoms with Gasteiger partial charge in [-0.1, -0.05) is 0 Å². The van der Waals surface area contributed by atoms with Gasteiger partial charge >= 0.3 is 0 Å². The molecule has 0 radical (unpaired) electrons. The minimum Gasteiger partial charge on any atom is -0.354 e. The quantitative estimate of drug-likeness (QED) is 0.605. The fourth-order valence-corrected chi connectivity index (χ4v) is 1.84. The summed E-state index contributed by atoms with van der Waals surface area (Å²) in [7, 11) is 0. The Kier molecular flexibility index (Phi) is 6.81. The number of likely N-dealkylation sites (tertiary alicyclic amines) is 1. The van der Waals surface area contributed by atoms with Gasteiger partial charge in [0.2, 0.25) is 11.8 Å². The Balaban J connectivity index is 1.99. The summed E-state index contributed by atoms with van der Waals surface area (Å²) in [5.74, 6) is 0.0174. The van der Waals surface area contributed by atoms with Crippen LogP contribution in [0, 0.1) is 11.3 Å². The first kappa shape index (κ1) is 14.5. The van der Waals surface area contributed by atoms with Crippen LogP contribution >= 0.6 is 0 Å². The molecule has 18 heavy (non-hydrogen) atoms. The molecule has 100 valence electrons. The van der Waals surface area contributed by atoms with Gasteiger partial charge in [0.1, 0.15) is 0 Å². The van der Waals surface area contributed by atoms with Gasteiger partial charge in [-0.15, -0.1) is 0 Å². The third-order valence-electron chi connectivity index (χ3n) is 2.82. The molecule has 0 aromatic carbocycles. The first-order valence-corrected chi connectivity index (χ1v) is 6.36. The van der Waals surface area contributed by atoms with Crippen molar-refractivity contribution in [3.05, 3.63) is 0 Å². The zero-order valence-corrected chi connectivity index (χ0v) is 10.6. The summed E-state index contributed by atoms with van der Waals surface area (Å²) in [5.41, 5.74) is 0. The number of hydrogen-bond acceptors (Lipinski definition) is 4. The lowest BCUT2D eigenvalue weighted by Crippen LogP contribution is -2.36. The normalized spacial score (nSPS) is 14.3. The first-order valence-electron chi connectivity index (χ1n) is 6.36. The zero-order valence-electron chi connectivity index (χ0n) is 10.6. The molecule has 2 N–H and O–H groups in total. The fraction of sp³-hybridized carbons (Fsp3) is 0.750. The van der Waals surface area contributed by atoms with Crippen molar-refractivity contribution < 1.29 is 9.59 Å². The Morgan fingerprint density at radius 1 is 1.22 bits per heavy atom. The van der Waals surface area contributed by atoms with Crippen LogP contribution in [0.2, 0.25) is 0 Å². The molecular weight excluding hydrogens is 232 g/mol. The highest BCUT2D eigenvalue weighted by Gasteiger charge is 2.16. The van der Waals surface area contributed by atoms with Gasteiger partial charge in [-0.25, -0.2) is 0 Å². The fourth-order valence-electron chi connectivity index (χ4n) is 1.84. The molecular formula is C12H20N4O2. The number of nitrogens with one attached hydrogen (secondary N) is 2. The number of hydrogen-bond donors (Lipinski definition) is 2. The maximum absolute atomic E-state index is 11.7. The number of nitrogens with zero attached hydrogens (tertiary/aromatic N) is 2. The second-order valence-electron chi connectivity index (χ2n) is 4.27. The molecule has 1 saturated heterocycles. The van der Waals surface area contributed by atoms with Crippen molar-refractivity contribution in [2.75, 3.05) is 32.7 Å². The van der Waals surface area contributed by atoms with Gasteiger partial charge in [0.05, 0.1) is 19.0 Å². The Morgan fingerprint density at radius 3 is 2.61 bits per heavy atom. The largest absolute Gasteiger partial charge is 0.354 e. The first-order chi connectivity index (χ1) is 8.74. The summed E-state index contributed by atoms with van der Waals surface area (Å²) >= 11 is 0. The van der Waals surface area contributed by atoms with E-state index < -0.39 is 0 Å². The molecule has 1 heterocycles. The van der Waals surface area contributed by atoms with E-state index in [1.165, 1.54) is 0 Å². The number of amides is 2. The van der Waals surface area contributed by atoms with Crippen LogP contribution < -0.4 is 10.6 Å². The van der Waals surface area contributed by atoms with Gasteiger partial charge in [0.15, 0.2) is 0 Å². The molecule has 6 heteroatoms. The van der Waals surface area contributed by atoms with E-state index in [1.807, 2.05) is 11.0 Å². The molecule has 0 saturated carbocycles. The molecule has 0 aromatic heterocycles. The van der Waals surface area contributed by atoms with Crippen molar-refractivity contribution in [2.24, 2.45) is 0 Å². The summed E-state index contributed by atoms with van der Waals surface area (Å²) in [5, 5.41) is 13.8. The minimum absolute atomic E-state index is 0.140. The lowest BCUT2D eigenvalue weighted by atomic mass is 10.3. The Hall–Kier alpha value is -1.61. The summed E-state index contributed by atoms with van der Waals surface area (Å²) in [6, 6.07) is 1.95. The smallest absolute Gasteiger partial charge is 0.233 e. The highest BCUT2D eigenvalue weighted by Crippen LogP contribution is 2.08. The van der Waals surface area contributed by atoms with Gasteiger partial charge < -0.3 is 15.5 Å². The van der Waals surface area contributed by atoms with Crippen molar-refractivity contribution in [3.63, 3.8) is 0 Å². The molecule has 1 aliphatic rings. The number of carbonyl (C=O) groups is 2. The van der Waals surface area contributed by atoms with Gasteiger partial charge in [-0.2, -0.15) is 5.26 Å². The Morgan fingerprint density at radius 2 is 1.94 bits per heavy atom. The topological polar surface area (TPSA) is 85.2 Å². The molecule has 0 aliphatic carbocycles. The van der Waals surface area contributed by atoms with Crippen LogP contribution in [0.15, 0.2) is 0 Å². The van der Waals surface area contributed by atoms with Crippen molar-refractivity contribution in [1.29, 1.82) is 5.26 Å². The van der Waals surface area contributed by atoms with Crippen LogP contribution in [0.4, 0.5) is 0 Å². The third kappa shape index (κ3) is 5.64. The summed E-state index contributed by atoms with van der Waals surface area (Å²) in [6.07, 6.45) is 2.95. The van der Waals surface area contributed by atoms with E-state index in [-0.39, 0.29) is 18.4 Å². The molecule has 2 amide bonds. The predicted molar refractivity (Wildman–Crippen MR) is 66.5 cm³/mol. The standard InChI is InChI=1S/C12H20N4O2/c13-5-3-6-15-11(17)10-14-7-4-12(18)16-8-1-2-9-16/h14H,1-4,6-10H2,(H,15,17). The number of carbonyl (C=O) groups excluding carboxylic acids is 2. The Labute approximate surface area is 107 Å². The van der Waals surface area contributed by atoms with E-state index >= 15 is 0 Å². The van der Waals surface area contributed by atoms with Crippen molar-refractivity contribution in [3.8, 4) is 6.07 Å². The highest BCUT2D eigenvalue weighted by atomic mass is 16.2. The van der Waals surface area contributed by atoms with Crippen molar-refractivity contribution in [1.82, 2.24) is 15.5 Å². The molecule has 0 spiro atoms. The average molecular weight is 252 g/mol. The van der Waals surface area contributed by atoms with Crippen LogP contribution in [0.3, 0.4) is 0 Å². The molecule has 6 nitrogen and oxygen atoms in total. The molecule has 0 aromatic rings. The monoisotopic (exact) mass is 252 g/mol.